The fourth-order valence-corrected chi connectivity index (χ4v) is 2.84. The minimum absolute atomic E-state index is 0.176. The van der Waals surface area contributed by atoms with E-state index in [9.17, 15) is 4.79 Å². The van der Waals surface area contributed by atoms with Gasteiger partial charge in [-0.1, -0.05) is 110 Å². The van der Waals surface area contributed by atoms with Gasteiger partial charge in [-0.15, -0.1) is 0 Å². The lowest BCUT2D eigenvalue weighted by Crippen LogP contribution is -2.02. The monoisotopic (exact) mass is 338 g/mol. The molecule has 142 valence electrons. The highest BCUT2D eigenvalue weighted by molar-refractivity contribution is 5.81. The van der Waals surface area contributed by atoms with Crippen LogP contribution in [0.2, 0.25) is 0 Å². The van der Waals surface area contributed by atoms with Crippen molar-refractivity contribution in [2.45, 2.75) is 117 Å². The number of hydrogen-bond acceptors (Lipinski definition) is 2. The fourth-order valence-electron chi connectivity index (χ4n) is 2.84. The van der Waals surface area contributed by atoms with Gasteiger partial charge in [0, 0.05) is 6.08 Å². The van der Waals surface area contributed by atoms with Gasteiger partial charge in [0.05, 0.1) is 6.61 Å². The highest BCUT2D eigenvalue weighted by atomic mass is 16.5. The molecule has 0 N–H and O–H groups in total. The minimum atomic E-state index is -0.176. The first kappa shape index (κ1) is 23.2. The van der Waals surface area contributed by atoms with Crippen molar-refractivity contribution in [1.82, 2.24) is 0 Å². The molecule has 2 heteroatoms. The summed E-state index contributed by atoms with van der Waals surface area (Å²) in [4.78, 5) is 11.4. The molecular formula is C22H42O2. The molecule has 0 rings (SSSR count). The third-order valence-corrected chi connectivity index (χ3v) is 4.47. The topological polar surface area (TPSA) is 26.3 Å². The van der Waals surface area contributed by atoms with Gasteiger partial charge >= 0.3 is 5.97 Å². The number of esters is 1. The predicted molar refractivity (Wildman–Crippen MR) is 105 cm³/mol. The second kappa shape index (κ2) is 20.3. The normalized spacial score (nSPS) is 11.2. The highest BCUT2D eigenvalue weighted by Gasteiger charge is 1.97. The largest absolute Gasteiger partial charge is 0.463 e. The van der Waals surface area contributed by atoms with Gasteiger partial charge in [0.2, 0.25) is 0 Å². The van der Waals surface area contributed by atoms with E-state index in [2.05, 4.69) is 13.8 Å². The second-order valence-corrected chi connectivity index (χ2v) is 6.95. The van der Waals surface area contributed by atoms with Gasteiger partial charge in [0.1, 0.15) is 0 Å². The van der Waals surface area contributed by atoms with Gasteiger partial charge in [-0.25, -0.2) is 4.79 Å². The summed E-state index contributed by atoms with van der Waals surface area (Å²) in [6.07, 6.45) is 24.2. The standard InChI is InChI=1S/C22H42O2/c1-3-5-7-9-10-11-12-13-14-15-16-17-19-21-24-22(23)20-18-8-6-4-2/h18,20H,3-17,19,21H2,1-2H3/b20-18+. The molecule has 0 aliphatic carbocycles. The van der Waals surface area contributed by atoms with E-state index in [-0.39, 0.29) is 5.97 Å². The number of rotatable bonds is 18. The van der Waals surface area contributed by atoms with Crippen LogP contribution in [0, 0.1) is 0 Å². The van der Waals surface area contributed by atoms with Crippen LogP contribution in [0.1, 0.15) is 117 Å². The SMILES string of the molecule is CCCC/C=C/C(=O)OCCCCCCCCCCCCCCC. The molecule has 0 saturated carbocycles. The van der Waals surface area contributed by atoms with E-state index < -0.39 is 0 Å². The molecule has 0 spiro atoms. The van der Waals surface area contributed by atoms with Crippen LogP contribution in [0.15, 0.2) is 12.2 Å². The molecule has 0 fully saturated rings. The van der Waals surface area contributed by atoms with E-state index >= 15 is 0 Å². The van der Waals surface area contributed by atoms with Gasteiger partial charge in [-0.2, -0.15) is 0 Å². The van der Waals surface area contributed by atoms with Crippen molar-refractivity contribution in [2.24, 2.45) is 0 Å². The first-order chi connectivity index (χ1) is 11.8. The number of carbonyl (C=O) groups is 1. The number of allylic oxidation sites excluding steroid dienone is 1. The Morgan fingerprint density at radius 2 is 1.12 bits per heavy atom. The Labute approximate surface area is 151 Å². The Morgan fingerprint density at radius 1 is 0.667 bits per heavy atom. The molecule has 2 nitrogen and oxygen atoms in total. The molecule has 0 heterocycles. The lowest BCUT2D eigenvalue weighted by Gasteiger charge is -2.03. The molecule has 24 heavy (non-hydrogen) atoms. The maximum atomic E-state index is 11.4. The van der Waals surface area contributed by atoms with Gasteiger partial charge in [0.15, 0.2) is 0 Å². The van der Waals surface area contributed by atoms with E-state index in [1.807, 2.05) is 6.08 Å². The fraction of sp³-hybridized carbons (Fsp3) is 0.864. The predicted octanol–water partition coefficient (Wildman–Crippen LogP) is 7.37. The van der Waals surface area contributed by atoms with Gasteiger partial charge in [0.25, 0.3) is 0 Å². The lowest BCUT2D eigenvalue weighted by atomic mass is 10.0. The Morgan fingerprint density at radius 3 is 1.62 bits per heavy atom. The summed E-state index contributed by atoms with van der Waals surface area (Å²) in [5, 5.41) is 0. The lowest BCUT2D eigenvalue weighted by molar-refractivity contribution is -0.137. The quantitative estimate of drug-likeness (QED) is 0.148. The van der Waals surface area contributed by atoms with Crippen molar-refractivity contribution in [3.05, 3.63) is 12.2 Å². The van der Waals surface area contributed by atoms with Crippen LogP contribution in [-0.2, 0) is 9.53 Å². The van der Waals surface area contributed by atoms with Crippen molar-refractivity contribution >= 4 is 5.97 Å². The summed E-state index contributed by atoms with van der Waals surface area (Å²) in [5.74, 6) is -0.176. The summed E-state index contributed by atoms with van der Waals surface area (Å²) >= 11 is 0. The molecule has 0 aromatic heterocycles. The van der Waals surface area contributed by atoms with Crippen LogP contribution in [0.4, 0.5) is 0 Å². The van der Waals surface area contributed by atoms with E-state index in [1.165, 1.54) is 83.5 Å². The first-order valence-electron chi connectivity index (χ1n) is 10.6. The minimum Gasteiger partial charge on any atom is -0.463 e. The van der Waals surface area contributed by atoms with Crippen LogP contribution < -0.4 is 0 Å². The zero-order chi connectivity index (χ0) is 17.7. The summed E-state index contributed by atoms with van der Waals surface area (Å²) in [7, 11) is 0. The number of ether oxygens (including phenoxy) is 1. The molecule has 0 atom stereocenters. The molecule has 0 saturated heterocycles. The van der Waals surface area contributed by atoms with Crippen molar-refractivity contribution in [2.75, 3.05) is 6.61 Å². The maximum Gasteiger partial charge on any atom is 0.330 e. The summed E-state index contributed by atoms with van der Waals surface area (Å²) in [6, 6.07) is 0. The molecule has 0 aliphatic heterocycles. The highest BCUT2D eigenvalue weighted by Crippen LogP contribution is 2.12. The summed E-state index contributed by atoms with van der Waals surface area (Å²) in [6.45, 7) is 5.01. The van der Waals surface area contributed by atoms with Crippen molar-refractivity contribution < 1.29 is 9.53 Å². The molecule has 0 aliphatic rings. The zero-order valence-electron chi connectivity index (χ0n) is 16.5. The van der Waals surface area contributed by atoms with Gasteiger partial charge in [-0.3, -0.25) is 0 Å². The molecule has 0 aromatic carbocycles. The maximum absolute atomic E-state index is 11.4. The molecule has 0 radical (unpaired) electrons. The Hall–Kier alpha value is -0.790. The van der Waals surface area contributed by atoms with E-state index in [1.54, 1.807) is 6.08 Å². The van der Waals surface area contributed by atoms with E-state index in [0.717, 1.165) is 19.3 Å². The second-order valence-electron chi connectivity index (χ2n) is 6.95. The van der Waals surface area contributed by atoms with Crippen LogP contribution in [0.5, 0.6) is 0 Å². The average molecular weight is 339 g/mol. The number of carbonyl (C=O) groups excluding carboxylic acids is 1. The number of hydrogen-bond donors (Lipinski definition) is 0. The van der Waals surface area contributed by atoms with E-state index in [4.69, 9.17) is 4.74 Å². The third kappa shape index (κ3) is 19.3. The van der Waals surface area contributed by atoms with Crippen LogP contribution >= 0.6 is 0 Å². The van der Waals surface area contributed by atoms with Gasteiger partial charge in [-0.05, 0) is 12.8 Å². The first-order valence-corrected chi connectivity index (χ1v) is 10.6. The zero-order valence-corrected chi connectivity index (χ0v) is 16.5. The van der Waals surface area contributed by atoms with E-state index in [0.29, 0.717) is 6.61 Å². The van der Waals surface area contributed by atoms with Crippen LogP contribution in [-0.4, -0.2) is 12.6 Å². The Kier molecular flexibility index (Phi) is 19.6. The third-order valence-electron chi connectivity index (χ3n) is 4.47. The average Bonchev–Trinajstić information content (AvgIpc) is 2.59. The molecule has 0 bridgehead atoms. The Balaban J connectivity index is 3.14. The molecule has 0 unspecified atom stereocenters. The summed E-state index contributed by atoms with van der Waals surface area (Å²) in [5.41, 5.74) is 0. The molecule has 0 amide bonds. The van der Waals surface area contributed by atoms with Crippen LogP contribution in [0.25, 0.3) is 0 Å². The van der Waals surface area contributed by atoms with Crippen molar-refractivity contribution in [3.63, 3.8) is 0 Å². The summed E-state index contributed by atoms with van der Waals surface area (Å²) < 4.78 is 5.20. The number of unbranched alkanes of at least 4 members (excludes halogenated alkanes) is 14. The Bertz CT molecular complexity index is 284. The van der Waals surface area contributed by atoms with Crippen LogP contribution in [0.3, 0.4) is 0 Å². The smallest absolute Gasteiger partial charge is 0.330 e. The molecular weight excluding hydrogens is 296 g/mol. The van der Waals surface area contributed by atoms with Crippen molar-refractivity contribution in [1.29, 1.82) is 0 Å². The van der Waals surface area contributed by atoms with Gasteiger partial charge < -0.3 is 4.74 Å². The van der Waals surface area contributed by atoms with Crippen molar-refractivity contribution in [3.8, 4) is 0 Å². The molecule has 0 aromatic rings.